The van der Waals surface area contributed by atoms with Gasteiger partial charge in [-0.3, -0.25) is 4.90 Å². The van der Waals surface area contributed by atoms with E-state index >= 15 is 0 Å². The van der Waals surface area contributed by atoms with Crippen molar-refractivity contribution in [2.75, 3.05) is 0 Å². The normalized spacial score (nSPS) is 13.3. The van der Waals surface area contributed by atoms with Crippen LogP contribution < -0.4 is 0 Å². The molecule has 0 aromatic heterocycles. The van der Waals surface area contributed by atoms with Crippen molar-refractivity contribution in [1.82, 2.24) is 4.90 Å². The van der Waals surface area contributed by atoms with E-state index in [0.29, 0.717) is 13.1 Å². The number of benzene rings is 3. The minimum atomic E-state index is -1.53. The Morgan fingerprint density at radius 1 is 0.741 bits per heavy atom. The first-order valence-corrected chi connectivity index (χ1v) is 8.93. The summed E-state index contributed by atoms with van der Waals surface area (Å²) in [6.07, 6.45) is -1.53. The lowest BCUT2D eigenvalue weighted by Crippen LogP contribution is -2.40. The first-order valence-electron chi connectivity index (χ1n) is 8.93. The number of aliphatic hydroxyl groups is 1. The minimum Gasteiger partial charge on any atom is -0.479 e. The zero-order valence-corrected chi connectivity index (χ0v) is 15.0. The predicted octanol–water partition coefficient (Wildman–Crippen LogP) is 3.88. The summed E-state index contributed by atoms with van der Waals surface area (Å²) in [6, 6.07) is 28.4. The van der Waals surface area contributed by atoms with Crippen LogP contribution in [0.5, 0.6) is 0 Å². The van der Waals surface area contributed by atoms with Crippen molar-refractivity contribution in [3.05, 3.63) is 108 Å². The van der Waals surface area contributed by atoms with E-state index in [0.717, 1.165) is 16.7 Å². The van der Waals surface area contributed by atoms with E-state index in [1.54, 1.807) is 0 Å². The highest BCUT2D eigenvalue weighted by molar-refractivity contribution is 5.73. The standard InChI is InChI=1S/C23H23NO3/c25-22(23(26)27)21(20-14-8-3-9-15-20)24(16-18-10-4-1-5-11-18)17-19-12-6-2-7-13-19/h1-15,21-22,25H,16-17H2,(H,26,27)/t21-,22-/m1/s1. The highest BCUT2D eigenvalue weighted by Gasteiger charge is 2.32. The number of carbonyl (C=O) groups is 1. The number of carboxylic acids is 1. The number of aliphatic carboxylic acids is 1. The molecule has 0 aliphatic heterocycles. The number of nitrogens with zero attached hydrogens (tertiary/aromatic N) is 1. The molecule has 0 saturated carbocycles. The first kappa shape index (κ1) is 18.8. The molecule has 2 atom stereocenters. The van der Waals surface area contributed by atoms with Crippen LogP contribution in [0.3, 0.4) is 0 Å². The fourth-order valence-electron chi connectivity index (χ4n) is 3.27. The lowest BCUT2D eigenvalue weighted by molar-refractivity contribution is -0.151. The second-order valence-electron chi connectivity index (χ2n) is 6.51. The molecule has 0 spiro atoms. The molecule has 0 saturated heterocycles. The van der Waals surface area contributed by atoms with Crippen LogP contribution in [0.2, 0.25) is 0 Å². The molecule has 0 radical (unpaired) electrons. The summed E-state index contributed by atoms with van der Waals surface area (Å²) in [5.41, 5.74) is 2.90. The first-order chi connectivity index (χ1) is 13.1. The van der Waals surface area contributed by atoms with E-state index in [-0.39, 0.29) is 0 Å². The maximum Gasteiger partial charge on any atom is 0.334 e. The molecule has 3 aromatic rings. The van der Waals surface area contributed by atoms with Crippen molar-refractivity contribution >= 4 is 5.97 Å². The van der Waals surface area contributed by atoms with Gasteiger partial charge in [0.25, 0.3) is 0 Å². The largest absolute Gasteiger partial charge is 0.479 e. The molecule has 2 N–H and O–H groups in total. The molecule has 0 bridgehead atoms. The van der Waals surface area contributed by atoms with Gasteiger partial charge in [0.05, 0.1) is 6.04 Å². The number of hydrogen-bond acceptors (Lipinski definition) is 3. The van der Waals surface area contributed by atoms with Crippen molar-refractivity contribution in [3.8, 4) is 0 Å². The van der Waals surface area contributed by atoms with Gasteiger partial charge in [-0.05, 0) is 16.7 Å². The Morgan fingerprint density at radius 3 is 1.56 bits per heavy atom. The monoisotopic (exact) mass is 361 g/mol. The zero-order valence-electron chi connectivity index (χ0n) is 15.0. The maximum atomic E-state index is 11.6. The molecule has 0 aliphatic carbocycles. The molecule has 27 heavy (non-hydrogen) atoms. The van der Waals surface area contributed by atoms with Crippen molar-refractivity contribution < 1.29 is 15.0 Å². The van der Waals surface area contributed by atoms with E-state index < -0.39 is 18.1 Å². The Hall–Kier alpha value is -2.95. The third-order valence-electron chi connectivity index (χ3n) is 4.54. The van der Waals surface area contributed by atoms with Crippen LogP contribution in [0.15, 0.2) is 91.0 Å². The van der Waals surface area contributed by atoms with E-state index in [9.17, 15) is 15.0 Å². The summed E-state index contributed by atoms with van der Waals surface area (Å²) in [5.74, 6) is -1.23. The Bertz CT molecular complexity index is 796. The smallest absolute Gasteiger partial charge is 0.334 e. The molecular weight excluding hydrogens is 338 g/mol. The second kappa shape index (κ2) is 9.12. The van der Waals surface area contributed by atoms with Gasteiger partial charge in [0.1, 0.15) is 0 Å². The van der Waals surface area contributed by atoms with Crippen LogP contribution in [-0.2, 0) is 17.9 Å². The minimum absolute atomic E-state index is 0.527. The molecule has 0 aliphatic rings. The van der Waals surface area contributed by atoms with Crippen LogP contribution in [0, 0.1) is 0 Å². The van der Waals surface area contributed by atoms with Crippen LogP contribution in [0.1, 0.15) is 22.7 Å². The number of carboxylic acid groups (broad SMARTS) is 1. The molecule has 0 fully saturated rings. The maximum absolute atomic E-state index is 11.6. The Balaban J connectivity index is 1.99. The molecular formula is C23H23NO3. The average molecular weight is 361 g/mol. The van der Waals surface area contributed by atoms with Gasteiger partial charge in [-0.2, -0.15) is 0 Å². The third kappa shape index (κ3) is 5.03. The van der Waals surface area contributed by atoms with E-state index in [2.05, 4.69) is 0 Å². The molecule has 0 heterocycles. The Kier molecular flexibility index (Phi) is 6.36. The third-order valence-corrected chi connectivity index (χ3v) is 4.54. The molecule has 4 heteroatoms. The summed E-state index contributed by atoms with van der Waals surface area (Å²) in [6.45, 7) is 1.05. The van der Waals surface area contributed by atoms with Gasteiger partial charge in [-0.15, -0.1) is 0 Å². The SMILES string of the molecule is O=C(O)[C@H](O)[C@@H](c1ccccc1)N(Cc1ccccc1)Cc1ccccc1. The molecule has 3 aromatic carbocycles. The predicted molar refractivity (Wildman–Crippen MR) is 105 cm³/mol. The van der Waals surface area contributed by atoms with Crippen molar-refractivity contribution in [2.45, 2.75) is 25.2 Å². The summed E-state index contributed by atoms with van der Waals surface area (Å²) < 4.78 is 0. The van der Waals surface area contributed by atoms with Gasteiger partial charge >= 0.3 is 5.97 Å². The summed E-state index contributed by atoms with van der Waals surface area (Å²) in [4.78, 5) is 13.7. The van der Waals surface area contributed by atoms with E-state index in [1.807, 2.05) is 95.9 Å². The lowest BCUT2D eigenvalue weighted by atomic mass is 9.98. The van der Waals surface area contributed by atoms with Gasteiger partial charge < -0.3 is 10.2 Å². The second-order valence-corrected chi connectivity index (χ2v) is 6.51. The van der Waals surface area contributed by atoms with Gasteiger partial charge in [-0.1, -0.05) is 91.0 Å². The van der Waals surface area contributed by atoms with Crippen molar-refractivity contribution in [3.63, 3.8) is 0 Å². The Labute approximate surface area is 159 Å². The Morgan fingerprint density at radius 2 is 1.15 bits per heavy atom. The highest BCUT2D eigenvalue weighted by atomic mass is 16.4. The molecule has 0 amide bonds. The van der Waals surface area contributed by atoms with Gasteiger partial charge in [0.2, 0.25) is 0 Å². The van der Waals surface area contributed by atoms with Crippen LogP contribution in [-0.4, -0.2) is 27.2 Å². The number of aliphatic hydroxyl groups excluding tert-OH is 1. The molecule has 0 unspecified atom stereocenters. The molecule has 4 nitrogen and oxygen atoms in total. The number of rotatable bonds is 8. The number of hydrogen-bond donors (Lipinski definition) is 2. The van der Waals surface area contributed by atoms with Gasteiger partial charge in [-0.25, -0.2) is 4.79 Å². The van der Waals surface area contributed by atoms with E-state index in [1.165, 1.54) is 0 Å². The molecule has 3 rings (SSSR count). The quantitative estimate of drug-likeness (QED) is 0.639. The van der Waals surface area contributed by atoms with Crippen molar-refractivity contribution in [2.24, 2.45) is 0 Å². The van der Waals surface area contributed by atoms with E-state index in [4.69, 9.17) is 0 Å². The molecule has 138 valence electrons. The van der Waals surface area contributed by atoms with Gasteiger partial charge in [0, 0.05) is 13.1 Å². The van der Waals surface area contributed by atoms with Crippen LogP contribution >= 0.6 is 0 Å². The summed E-state index contributed by atoms with van der Waals surface area (Å²) in [7, 11) is 0. The van der Waals surface area contributed by atoms with Crippen LogP contribution in [0.4, 0.5) is 0 Å². The fraction of sp³-hybridized carbons (Fsp3) is 0.174. The highest BCUT2D eigenvalue weighted by Crippen LogP contribution is 2.28. The average Bonchev–Trinajstić information content (AvgIpc) is 2.70. The summed E-state index contributed by atoms with van der Waals surface area (Å²) >= 11 is 0. The zero-order chi connectivity index (χ0) is 19.1. The summed E-state index contributed by atoms with van der Waals surface area (Å²) in [5, 5.41) is 20.0. The van der Waals surface area contributed by atoms with Gasteiger partial charge in [0.15, 0.2) is 6.10 Å². The van der Waals surface area contributed by atoms with Crippen molar-refractivity contribution in [1.29, 1.82) is 0 Å². The fourth-order valence-corrected chi connectivity index (χ4v) is 3.27. The topological polar surface area (TPSA) is 60.8 Å². The van der Waals surface area contributed by atoms with Crippen LogP contribution in [0.25, 0.3) is 0 Å². The lowest BCUT2D eigenvalue weighted by Gasteiger charge is -2.34.